The minimum absolute atomic E-state index is 0.0298. The van der Waals surface area contributed by atoms with Crippen LogP contribution in [0.25, 0.3) is 0 Å². The number of piperidine rings is 1. The smallest absolute Gasteiger partial charge is 0.253 e. The summed E-state index contributed by atoms with van der Waals surface area (Å²) in [5.41, 5.74) is 3.46. The lowest BCUT2D eigenvalue weighted by atomic mass is 9.97. The number of nitrogens with zero attached hydrogens (tertiary/aromatic N) is 1. The molecule has 1 saturated heterocycles. The molecule has 2 aromatic carbocycles. The van der Waals surface area contributed by atoms with E-state index >= 15 is 0 Å². The number of hydrogen-bond donors (Lipinski definition) is 2. The van der Waals surface area contributed by atoms with Crippen LogP contribution in [0.3, 0.4) is 0 Å². The van der Waals surface area contributed by atoms with Gasteiger partial charge in [-0.2, -0.15) is 0 Å². The second-order valence-electron chi connectivity index (χ2n) is 7.70. The Morgan fingerprint density at radius 1 is 1.17 bits per heavy atom. The van der Waals surface area contributed by atoms with Crippen molar-refractivity contribution in [3.05, 3.63) is 57.6 Å². The maximum Gasteiger partial charge on any atom is 0.253 e. The van der Waals surface area contributed by atoms with Gasteiger partial charge in [-0.15, -0.1) is 11.8 Å². The van der Waals surface area contributed by atoms with Gasteiger partial charge in [0.25, 0.3) is 5.91 Å². The molecule has 160 valence electrons. The molecule has 5 nitrogen and oxygen atoms in total. The SMILES string of the molecule is Cc1cc(SCC(=O)Nc2cccc(C(=O)N3CCC(CO)CC3)c2)c(C)cc1Br. The Labute approximate surface area is 190 Å². The molecule has 3 rings (SSSR count). The summed E-state index contributed by atoms with van der Waals surface area (Å²) in [4.78, 5) is 28.1. The van der Waals surface area contributed by atoms with Crippen LogP contribution in [-0.2, 0) is 4.79 Å². The molecule has 2 aromatic rings. The first kappa shape index (κ1) is 22.8. The first-order valence-electron chi connectivity index (χ1n) is 10.1. The number of hydrogen-bond acceptors (Lipinski definition) is 4. The fourth-order valence-corrected chi connectivity index (χ4v) is 4.84. The predicted molar refractivity (Wildman–Crippen MR) is 125 cm³/mol. The van der Waals surface area contributed by atoms with Gasteiger partial charge in [0.15, 0.2) is 0 Å². The second kappa shape index (κ2) is 10.5. The van der Waals surface area contributed by atoms with Crippen molar-refractivity contribution in [2.24, 2.45) is 5.92 Å². The normalized spacial score (nSPS) is 14.6. The molecular weight excluding hydrogens is 464 g/mol. The predicted octanol–water partition coefficient (Wildman–Crippen LogP) is 4.64. The summed E-state index contributed by atoms with van der Waals surface area (Å²) >= 11 is 5.03. The van der Waals surface area contributed by atoms with Crippen molar-refractivity contribution in [3.8, 4) is 0 Å². The van der Waals surface area contributed by atoms with E-state index in [1.165, 1.54) is 11.8 Å². The summed E-state index contributed by atoms with van der Waals surface area (Å²) in [6.45, 7) is 5.55. The highest BCUT2D eigenvalue weighted by molar-refractivity contribution is 9.10. The minimum Gasteiger partial charge on any atom is -0.396 e. The standard InChI is InChI=1S/C23H27BrN2O3S/c1-15-11-21(16(2)10-20(15)24)30-14-22(28)25-19-5-3-4-18(12-19)23(29)26-8-6-17(13-27)7-9-26/h3-5,10-12,17,27H,6-9,13-14H2,1-2H3,(H,25,28). The molecule has 30 heavy (non-hydrogen) atoms. The molecule has 2 amide bonds. The number of aliphatic hydroxyl groups excluding tert-OH is 1. The van der Waals surface area contributed by atoms with E-state index in [1.807, 2.05) is 18.7 Å². The molecule has 1 aliphatic heterocycles. The summed E-state index contributed by atoms with van der Waals surface area (Å²) in [6, 6.07) is 11.2. The number of amides is 2. The lowest BCUT2D eigenvalue weighted by Gasteiger charge is -2.31. The van der Waals surface area contributed by atoms with Gasteiger partial charge in [-0.1, -0.05) is 22.0 Å². The summed E-state index contributed by atoms with van der Waals surface area (Å²) in [6.07, 6.45) is 1.65. The molecule has 0 aromatic heterocycles. The number of carbonyl (C=O) groups excluding carboxylic acids is 2. The molecule has 1 heterocycles. The van der Waals surface area contributed by atoms with E-state index < -0.39 is 0 Å². The number of carbonyl (C=O) groups is 2. The number of anilines is 1. The molecule has 0 unspecified atom stereocenters. The Morgan fingerprint density at radius 3 is 2.60 bits per heavy atom. The average Bonchev–Trinajstić information content (AvgIpc) is 2.75. The maximum absolute atomic E-state index is 12.8. The van der Waals surface area contributed by atoms with E-state index in [2.05, 4.69) is 33.4 Å². The second-order valence-corrected chi connectivity index (χ2v) is 9.57. The quantitative estimate of drug-likeness (QED) is 0.578. The number of nitrogens with one attached hydrogen (secondary N) is 1. The molecule has 0 saturated carbocycles. The first-order chi connectivity index (χ1) is 14.4. The number of aryl methyl sites for hydroxylation is 2. The van der Waals surface area contributed by atoms with E-state index in [9.17, 15) is 14.7 Å². The number of rotatable bonds is 6. The maximum atomic E-state index is 12.8. The van der Waals surface area contributed by atoms with Gasteiger partial charge < -0.3 is 15.3 Å². The topological polar surface area (TPSA) is 69.6 Å². The summed E-state index contributed by atoms with van der Waals surface area (Å²) in [7, 11) is 0. The van der Waals surface area contributed by atoms with Crippen LogP contribution in [0.15, 0.2) is 45.8 Å². The van der Waals surface area contributed by atoms with Crippen LogP contribution in [-0.4, -0.2) is 47.3 Å². The van der Waals surface area contributed by atoms with Gasteiger partial charge in [0.1, 0.15) is 0 Å². The highest BCUT2D eigenvalue weighted by Gasteiger charge is 2.23. The van der Waals surface area contributed by atoms with Gasteiger partial charge in [0, 0.05) is 40.3 Å². The van der Waals surface area contributed by atoms with Gasteiger partial charge in [-0.05, 0) is 74.1 Å². The third-order valence-corrected chi connectivity index (χ3v) is 7.38. The van der Waals surface area contributed by atoms with E-state index in [1.54, 1.807) is 24.3 Å². The van der Waals surface area contributed by atoms with Crippen molar-refractivity contribution >= 4 is 45.2 Å². The fourth-order valence-electron chi connectivity index (χ4n) is 3.48. The number of benzene rings is 2. The Kier molecular flexibility index (Phi) is 7.97. The Balaban J connectivity index is 1.58. The van der Waals surface area contributed by atoms with Crippen molar-refractivity contribution in [2.45, 2.75) is 31.6 Å². The zero-order valence-corrected chi connectivity index (χ0v) is 19.7. The van der Waals surface area contributed by atoms with Gasteiger partial charge in [0.2, 0.25) is 5.91 Å². The van der Waals surface area contributed by atoms with Crippen LogP contribution in [0.1, 0.15) is 34.3 Å². The zero-order chi connectivity index (χ0) is 21.7. The van der Waals surface area contributed by atoms with E-state index in [0.29, 0.717) is 30.1 Å². The van der Waals surface area contributed by atoms with E-state index in [-0.39, 0.29) is 24.3 Å². The lowest BCUT2D eigenvalue weighted by Crippen LogP contribution is -2.39. The van der Waals surface area contributed by atoms with Crippen LogP contribution >= 0.6 is 27.7 Å². The molecule has 0 bridgehead atoms. The van der Waals surface area contributed by atoms with Crippen LogP contribution in [0, 0.1) is 19.8 Å². The average molecular weight is 491 g/mol. The number of halogens is 1. The Morgan fingerprint density at radius 2 is 1.90 bits per heavy atom. The van der Waals surface area contributed by atoms with Gasteiger partial charge in [-0.25, -0.2) is 0 Å². The summed E-state index contributed by atoms with van der Waals surface area (Å²) in [5.74, 6) is 0.455. The molecule has 1 aliphatic rings. The first-order valence-corrected chi connectivity index (χ1v) is 11.8. The molecule has 0 radical (unpaired) electrons. The van der Waals surface area contributed by atoms with Crippen molar-refractivity contribution in [3.63, 3.8) is 0 Å². The van der Waals surface area contributed by atoms with E-state index in [4.69, 9.17) is 0 Å². The van der Waals surface area contributed by atoms with Gasteiger partial charge >= 0.3 is 0 Å². The zero-order valence-electron chi connectivity index (χ0n) is 17.3. The van der Waals surface area contributed by atoms with Gasteiger partial charge in [0.05, 0.1) is 5.75 Å². The molecule has 2 N–H and O–H groups in total. The van der Waals surface area contributed by atoms with Crippen LogP contribution in [0.4, 0.5) is 5.69 Å². The van der Waals surface area contributed by atoms with Crippen LogP contribution < -0.4 is 5.32 Å². The lowest BCUT2D eigenvalue weighted by molar-refractivity contribution is -0.113. The van der Waals surface area contributed by atoms with Crippen molar-refractivity contribution in [2.75, 3.05) is 30.8 Å². The summed E-state index contributed by atoms with van der Waals surface area (Å²) < 4.78 is 1.07. The number of thioether (sulfide) groups is 1. The van der Waals surface area contributed by atoms with Crippen molar-refractivity contribution in [1.29, 1.82) is 0 Å². The molecular formula is C23H27BrN2O3S. The molecule has 0 spiro atoms. The van der Waals surface area contributed by atoms with Gasteiger partial charge in [-0.3, -0.25) is 9.59 Å². The van der Waals surface area contributed by atoms with Crippen molar-refractivity contribution < 1.29 is 14.7 Å². The third kappa shape index (κ3) is 5.86. The Hall–Kier alpha value is -1.83. The van der Waals surface area contributed by atoms with Crippen LogP contribution in [0.5, 0.6) is 0 Å². The molecule has 1 fully saturated rings. The fraction of sp³-hybridized carbons (Fsp3) is 0.391. The number of aliphatic hydroxyl groups is 1. The molecule has 7 heteroatoms. The molecule has 0 atom stereocenters. The van der Waals surface area contributed by atoms with E-state index in [0.717, 1.165) is 33.3 Å². The van der Waals surface area contributed by atoms with Crippen molar-refractivity contribution in [1.82, 2.24) is 4.90 Å². The third-order valence-electron chi connectivity index (χ3n) is 5.37. The monoisotopic (exact) mass is 490 g/mol. The Bertz CT molecular complexity index is 927. The highest BCUT2D eigenvalue weighted by Crippen LogP contribution is 2.28. The van der Waals surface area contributed by atoms with Crippen LogP contribution in [0.2, 0.25) is 0 Å². The summed E-state index contributed by atoms with van der Waals surface area (Å²) in [5, 5.41) is 12.2. The highest BCUT2D eigenvalue weighted by atomic mass is 79.9. The largest absolute Gasteiger partial charge is 0.396 e. The molecule has 0 aliphatic carbocycles. The minimum atomic E-state index is -0.103. The number of likely N-dealkylation sites (tertiary alicyclic amines) is 1.